The van der Waals surface area contributed by atoms with Gasteiger partial charge in [0.25, 0.3) is 0 Å². The Hall–Kier alpha value is -2.36. The minimum absolute atomic E-state index is 0.172. The Balaban J connectivity index is 4.54. The number of primary amides is 1. The molecule has 0 aromatic heterocycles. The molecule has 0 saturated carbocycles. The summed E-state index contributed by atoms with van der Waals surface area (Å²) in [6.45, 7) is 11.5. The second-order valence-corrected chi connectivity index (χ2v) is 9.47. The van der Waals surface area contributed by atoms with Crippen LogP contribution in [0, 0.1) is 5.92 Å². The zero-order valence-corrected chi connectivity index (χ0v) is 20.5. The monoisotopic (exact) mass is 457 g/mol. The molecule has 7 N–H and O–H groups in total. The van der Waals surface area contributed by atoms with E-state index >= 15 is 0 Å². The van der Waals surface area contributed by atoms with Crippen LogP contribution in [-0.2, 0) is 19.1 Å². The lowest BCUT2D eigenvalue weighted by Gasteiger charge is -2.23. The fourth-order valence-corrected chi connectivity index (χ4v) is 2.95. The van der Waals surface area contributed by atoms with Gasteiger partial charge in [-0.15, -0.1) is 0 Å². The summed E-state index contributed by atoms with van der Waals surface area (Å²) in [6, 6.07) is -2.36. The van der Waals surface area contributed by atoms with Gasteiger partial charge in [-0.1, -0.05) is 27.2 Å². The van der Waals surface area contributed by atoms with E-state index in [-0.39, 0.29) is 5.92 Å². The summed E-state index contributed by atoms with van der Waals surface area (Å²) in [6.07, 6.45) is 2.67. The molecule has 0 saturated heterocycles. The lowest BCUT2D eigenvalue weighted by Crippen LogP contribution is -2.55. The summed E-state index contributed by atoms with van der Waals surface area (Å²) < 4.78 is 5.15. The summed E-state index contributed by atoms with van der Waals surface area (Å²) in [5, 5.41) is 7.98. The molecule has 10 heteroatoms. The maximum Gasteiger partial charge on any atom is 0.407 e. The first-order chi connectivity index (χ1) is 14.8. The van der Waals surface area contributed by atoms with E-state index in [2.05, 4.69) is 16.0 Å². The SMILES string of the molecule is CCC[C@H](NC(=O)[C@@H](N)CCCCNC(=O)OC(C)(C)C)C(=O)N[C@@H](CC(C)C)C(N)=O. The van der Waals surface area contributed by atoms with Crippen LogP contribution in [0.15, 0.2) is 0 Å². The average molecular weight is 458 g/mol. The van der Waals surface area contributed by atoms with Crippen molar-refractivity contribution in [2.75, 3.05) is 6.54 Å². The van der Waals surface area contributed by atoms with Crippen LogP contribution in [0.3, 0.4) is 0 Å². The number of carbonyl (C=O) groups is 4. The largest absolute Gasteiger partial charge is 0.444 e. The summed E-state index contributed by atoms with van der Waals surface area (Å²) in [7, 11) is 0. The van der Waals surface area contributed by atoms with Gasteiger partial charge in [0.15, 0.2) is 0 Å². The maximum atomic E-state index is 12.6. The van der Waals surface area contributed by atoms with E-state index in [0.717, 1.165) is 0 Å². The van der Waals surface area contributed by atoms with Crippen LogP contribution in [0.1, 0.15) is 80.1 Å². The number of rotatable bonds is 14. The third-order valence-electron chi connectivity index (χ3n) is 4.52. The summed E-state index contributed by atoms with van der Waals surface area (Å²) in [5.41, 5.74) is 10.8. The van der Waals surface area contributed by atoms with E-state index in [9.17, 15) is 19.2 Å². The van der Waals surface area contributed by atoms with E-state index in [4.69, 9.17) is 16.2 Å². The van der Waals surface area contributed by atoms with Gasteiger partial charge in [-0.25, -0.2) is 4.79 Å². The minimum atomic E-state index is -0.790. The van der Waals surface area contributed by atoms with Crippen molar-refractivity contribution in [3.8, 4) is 0 Å². The number of nitrogens with one attached hydrogen (secondary N) is 3. The van der Waals surface area contributed by atoms with Crippen molar-refractivity contribution in [1.29, 1.82) is 0 Å². The predicted octanol–water partition coefficient (Wildman–Crippen LogP) is 1.31. The van der Waals surface area contributed by atoms with Gasteiger partial charge in [-0.2, -0.15) is 0 Å². The van der Waals surface area contributed by atoms with E-state index in [0.29, 0.717) is 45.1 Å². The molecule has 0 bridgehead atoms. The second kappa shape index (κ2) is 14.7. The highest BCUT2D eigenvalue weighted by atomic mass is 16.6. The number of hydrogen-bond donors (Lipinski definition) is 5. The Bertz CT molecular complexity index is 618. The minimum Gasteiger partial charge on any atom is -0.444 e. The maximum absolute atomic E-state index is 12.6. The van der Waals surface area contributed by atoms with Crippen LogP contribution in [0.5, 0.6) is 0 Å². The van der Waals surface area contributed by atoms with Crippen molar-refractivity contribution in [3.05, 3.63) is 0 Å². The van der Waals surface area contributed by atoms with E-state index < -0.39 is 47.5 Å². The molecule has 0 radical (unpaired) electrons. The fraction of sp³-hybridized carbons (Fsp3) is 0.818. The number of carbonyl (C=O) groups excluding carboxylic acids is 4. The molecule has 32 heavy (non-hydrogen) atoms. The summed E-state index contributed by atoms with van der Waals surface area (Å²) in [5.74, 6) is -1.31. The smallest absolute Gasteiger partial charge is 0.407 e. The molecule has 0 spiro atoms. The topological polar surface area (TPSA) is 166 Å². The van der Waals surface area contributed by atoms with Crippen LogP contribution < -0.4 is 27.4 Å². The fourth-order valence-electron chi connectivity index (χ4n) is 2.95. The molecular weight excluding hydrogens is 414 g/mol. The van der Waals surface area contributed by atoms with Crippen molar-refractivity contribution in [1.82, 2.24) is 16.0 Å². The Labute approximate surface area is 191 Å². The average Bonchev–Trinajstić information content (AvgIpc) is 2.64. The molecule has 0 rings (SSSR count). The highest BCUT2D eigenvalue weighted by Crippen LogP contribution is 2.08. The molecule has 4 amide bonds. The quantitative estimate of drug-likeness (QED) is 0.247. The molecule has 0 unspecified atom stereocenters. The molecule has 10 nitrogen and oxygen atoms in total. The molecule has 0 heterocycles. The van der Waals surface area contributed by atoms with Crippen LogP contribution in [0.4, 0.5) is 4.79 Å². The molecule has 186 valence electrons. The Kier molecular flexibility index (Phi) is 13.6. The molecule has 3 atom stereocenters. The second-order valence-electron chi connectivity index (χ2n) is 9.47. The number of alkyl carbamates (subject to hydrolysis) is 1. The van der Waals surface area contributed by atoms with Gasteiger partial charge in [0.2, 0.25) is 17.7 Å². The molecule has 0 aromatic carbocycles. The van der Waals surface area contributed by atoms with Gasteiger partial charge in [-0.05, 0) is 58.8 Å². The van der Waals surface area contributed by atoms with E-state index in [1.54, 1.807) is 20.8 Å². The van der Waals surface area contributed by atoms with E-state index in [1.807, 2.05) is 20.8 Å². The van der Waals surface area contributed by atoms with Gasteiger partial charge in [0, 0.05) is 6.54 Å². The zero-order valence-electron chi connectivity index (χ0n) is 20.5. The number of nitrogens with two attached hydrogens (primary N) is 2. The Morgan fingerprint density at radius 2 is 1.53 bits per heavy atom. The van der Waals surface area contributed by atoms with Crippen molar-refractivity contribution in [2.45, 2.75) is 104 Å². The van der Waals surface area contributed by atoms with Crippen molar-refractivity contribution >= 4 is 23.8 Å². The third kappa shape index (κ3) is 13.8. The number of ether oxygens (including phenoxy) is 1. The first-order valence-electron chi connectivity index (χ1n) is 11.4. The van der Waals surface area contributed by atoms with Crippen molar-refractivity contribution in [3.63, 3.8) is 0 Å². The molecule has 0 aliphatic carbocycles. The Morgan fingerprint density at radius 3 is 2.03 bits per heavy atom. The molecule has 0 aromatic rings. The highest BCUT2D eigenvalue weighted by Gasteiger charge is 2.27. The van der Waals surface area contributed by atoms with Crippen LogP contribution >= 0.6 is 0 Å². The molecule has 0 fully saturated rings. The van der Waals surface area contributed by atoms with Gasteiger partial charge in [0.05, 0.1) is 6.04 Å². The van der Waals surface area contributed by atoms with Gasteiger partial charge in [-0.3, -0.25) is 14.4 Å². The number of unbranched alkanes of at least 4 members (excludes halogenated alkanes) is 1. The number of hydrogen-bond acceptors (Lipinski definition) is 6. The first kappa shape index (κ1) is 29.6. The first-order valence-corrected chi connectivity index (χ1v) is 11.4. The summed E-state index contributed by atoms with van der Waals surface area (Å²) >= 11 is 0. The third-order valence-corrected chi connectivity index (χ3v) is 4.52. The highest BCUT2D eigenvalue weighted by molar-refractivity contribution is 5.92. The molecular formula is C22H43N5O5. The lowest BCUT2D eigenvalue weighted by molar-refractivity contribution is -0.132. The predicted molar refractivity (Wildman–Crippen MR) is 123 cm³/mol. The van der Waals surface area contributed by atoms with Crippen molar-refractivity contribution < 1.29 is 23.9 Å². The lowest BCUT2D eigenvalue weighted by atomic mass is 10.0. The normalized spacial score (nSPS) is 14.2. The summed E-state index contributed by atoms with van der Waals surface area (Å²) in [4.78, 5) is 48.3. The molecule has 0 aliphatic heterocycles. The van der Waals surface area contributed by atoms with Gasteiger partial charge < -0.3 is 32.2 Å². The standard InChI is InChI=1S/C22H43N5O5/c1-7-10-16(20(30)27-17(18(24)28)13-14(2)3)26-19(29)15(23)11-8-9-12-25-21(31)32-22(4,5)6/h14-17H,7-13,23H2,1-6H3,(H2,24,28)(H,25,31)(H,26,29)(H,27,30)/t15-,16-,17-/m0/s1. The van der Waals surface area contributed by atoms with Crippen LogP contribution in [0.2, 0.25) is 0 Å². The van der Waals surface area contributed by atoms with Crippen LogP contribution in [-0.4, -0.2) is 54.1 Å². The number of amides is 4. The van der Waals surface area contributed by atoms with Gasteiger partial charge >= 0.3 is 6.09 Å². The molecule has 0 aliphatic rings. The zero-order chi connectivity index (χ0) is 24.9. The van der Waals surface area contributed by atoms with Gasteiger partial charge in [0.1, 0.15) is 17.7 Å². The van der Waals surface area contributed by atoms with E-state index in [1.165, 1.54) is 0 Å². The van der Waals surface area contributed by atoms with Crippen molar-refractivity contribution in [2.24, 2.45) is 17.4 Å². The Morgan fingerprint density at radius 1 is 0.938 bits per heavy atom. The van der Waals surface area contributed by atoms with Crippen LogP contribution in [0.25, 0.3) is 0 Å².